The largest absolute Gasteiger partial charge is 0.452 e. The molecule has 15 heavy (non-hydrogen) atoms. The van der Waals surface area contributed by atoms with E-state index in [1.54, 1.807) is 11.0 Å². The summed E-state index contributed by atoms with van der Waals surface area (Å²) in [5.41, 5.74) is 0.457. The van der Waals surface area contributed by atoms with E-state index in [1.165, 1.54) is 6.26 Å². The van der Waals surface area contributed by atoms with Crippen LogP contribution in [0.1, 0.15) is 16.8 Å². The molecule has 1 saturated heterocycles. The van der Waals surface area contributed by atoms with E-state index in [2.05, 4.69) is 5.32 Å². The van der Waals surface area contributed by atoms with Crippen molar-refractivity contribution in [2.75, 3.05) is 26.2 Å². The van der Waals surface area contributed by atoms with Gasteiger partial charge in [0.05, 0.1) is 11.8 Å². The minimum atomic E-state index is -0.0440. The summed E-state index contributed by atoms with van der Waals surface area (Å²) in [6.45, 7) is 3.29. The first kappa shape index (κ1) is 10.5. The van der Waals surface area contributed by atoms with Crippen LogP contribution < -0.4 is 5.32 Å². The van der Waals surface area contributed by atoms with Gasteiger partial charge in [0.15, 0.2) is 0 Å². The van der Waals surface area contributed by atoms with Crippen molar-refractivity contribution in [1.29, 1.82) is 0 Å². The van der Waals surface area contributed by atoms with Gasteiger partial charge in [0.25, 0.3) is 5.91 Å². The highest BCUT2D eigenvalue weighted by molar-refractivity contribution is 6.32. The predicted molar refractivity (Wildman–Crippen MR) is 57.1 cm³/mol. The molecule has 0 bridgehead atoms. The van der Waals surface area contributed by atoms with Gasteiger partial charge in [-0.1, -0.05) is 0 Å². The number of rotatable bonds is 1. The molecule has 0 atom stereocenters. The molecular weight excluding hydrogens is 216 g/mol. The zero-order valence-electron chi connectivity index (χ0n) is 8.33. The van der Waals surface area contributed by atoms with Crippen molar-refractivity contribution >= 4 is 17.5 Å². The van der Waals surface area contributed by atoms with E-state index in [0.717, 1.165) is 32.6 Å². The predicted octanol–water partition coefficient (Wildman–Crippen LogP) is 1.37. The van der Waals surface area contributed by atoms with E-state index >= 15 is 0 Å². The van der Waals surface area contributed by atoms with Crippen LogP contribution >= 0.6 is 11.6 Å². The molecule has 1 amide bonds. The van der Waals surface area contributed by atoms with Crippen molar-refractivity contribution in [2.24, 2.45) is 0 Å². The van der Waals surface area contributed by atoms with E-state index < -0.39 is 0 Å². The van der Waals surface area contributed by atoms with Crippen LogP contribution in [0, 0.1) is 0 Å². The second-order valence-corrected chi connectivity index (χ2v) is 3.85. The molecule has 2 heterocycles. The number of amides is 1. The topological polar surface area (TPSA) is 45.5 Å². The molecule has 0 aromatic carbocycles. The average molecular weight is 229 g/mol. The highest BCUT2D eigenvalue weighted by Crippen LogP contribution is 2.18. The normalized spacial score (nSPS) is 17.5. The molecule has 5 heteroatoms. The Morgan fingerprint density at radius 2 is 2.33 bits per heavy atom. The number of hydrogen-bond acceptors (Lipinski definition) is 3. The van der Waals surface area contributed by atoms with Crippen LogP contribution in [-0.2, 0) is 0 Å². The lowest BCUT2D eigenvalue weighted by Gasteiger charge is -2.18. The molecule has 2 rings (SSSR count). The van der Waals surface area contributed by atoms with Gasteiger partial charge in [0, 0.05) is 19.6 Å². The second kappa shape index (κ2) is 4.68. The number of furan rings is 1. The van der Waals surface area contributed by atoms with Gasteiger partial charge in [-0.05, 0) is 30.6 Å². The smallest absolute Gasteiger partial charge is 0.258 e. The zero-order valence-corrected chi connectivity index (χ0v) is 9.09. The van der Waals surface area contributed by atoms with Crippen LogP contribution in [0.5, 0.6) is 0 Å². The van der Waals surface area contributed by atoms with E-state index in [-0.39, 0.29) is 11.1 Å². The van der Waals surface area contributed by atoms with Gasteiger partial charge in [-0.25, -0.2) is 0 Å². The van der Waals surface area contributed by atoms with E-state index in [9.17, 15) is 4.79 Å². The van der Waals surface area contributed by atoms with Gasteiger partial charge < -0.3 is 14.6 Å². The third kappa shape index (κ3) is 2.33. The Balaban J connectivity index is 2.09. The molecule has 1 aliphatic rings. The van der Waals surface area contributed by atoms with Gasteiger partial charge >= 0.3 is 0 Å². The molecular formula is C10H13ClN2O2. The van der Waals surface area contributed by atoms with Crippen molar-refractivity contribution in [1.82, 2.24) is 10.2 Å². The number of carbonyl (C=O) groups is 1. The summed E-state index contributed by atoms with van der Waals surface area (Å²) in [7, 11) is 0. The van der Waals surface area contributed by atoms with Crippen molar-refractivity contribution in [2.45, 2.75) is 6.42 Å². The third-order valence-corrected chi connectivity index (χ3v) is 2.77. The fraction of sp³-hybridized carbons (Fsp3) is 0.500. The number of halogens is 1. The van der Waals surface area contributed by atoms with Gasteiger partial charge in [-0.2, -0.15) is 0 Å². The van der Waals surface area contributed by atoms with Crippen LogP contribution in [0.15, 0.2) is 16.7 Å². The number of nitrogens with zero attached hydrogens (tertiary/aromatic N) is 1. The first-order valence-corrected chi connectivity index (χ1v) is 5.40. The Hall–Kier alpha value is -1.00. The molecule has 0 unspecified atom stereocenters. The summed E-state index contributed by atoms with van der Waals surface area (Å²) in [5, 5.41) is 3.42. The van der Waals surface area contributed by atoms with Crippen molar-refractivity contribution in [3.05, 3.63) is 23.1 Å². The lowest BCUT2D eigenvalue weighted by atomic mass is 10.3. The molecule has 0 aliphatic carbocycles. The van der Waals surface area contributed by atoms with Crippen LogP contribution in [0.4, 0.5) is 0 Å². The Bertz CT molecular complexity index is 343. The van der Waals surface area contributed by atoms with Gasteiger partial charge in [-0.15, -0.1) is 0 Å². The monoisotopic (exact) mass is 228 g/mol. The number of nitrogens with one attached hydrogen (secondary N) is 1. The lowest BCUT2D eigenvalue weighted by molar-refractivity contribution is 0.0766. The highest BCUT2D eigenvalue weighted by Gasteiger charge is 2.20. The molecule has 1 fully saturated rings. The summed E-state index contributed by atoms with van der Waals surface area (Å²) in [6.07, 6.45) is 2.41. The van der Waals surface area contributed by atoms with E-state index in [0.29, 0.717) is 5.56 Å². The Labute approximate surface area is 93.2 Å². The van der Waals surface area contributed by atoms with Crippen molar-refractivity contribution in [3.63, 3.8) is 0 Å². The molecule has 1 aromatic rings. The Morgan fingerprint density at radius 1 is 1.47 bits per heavy atom. The Morgan fingerprint density at radius 3 is 3.07 bits per heavy atom. The second-order valence-electron chi connectivity index (χ2n) is 3.50. The number of hydrogen-bond donors (Lipinski definition) is 1. The van der Waals surface area contributed by atoms with Crippen molar-refractivity contribution in [3.8, 4) is 0 Å². The summed E-state index contributed by atoms with van der Waals surface area (Å²) >= 11 is 5.76. The fourth-order valence-corrected chi connectivity index (χ4v) is 1.86. The van der Waals surface area contributed by atoms with E-state index in [1.807, 2.05) is 0 Å². The third-order valence-electron chi connectivity index (χ3n) is 2.48. The summed E-state index contributed by atoms with van der Waals surface area (Å²) in [4.78, 5) is 13.8. The van der Waals surface area contributed by atoms with Crippen LogP contribution in [0.25, 0.3) is 0 Å². The molecule has 0 radical (unpaired) electrons. The average Bonchev–Trinajstić information content (AvgIpc) is 2.53. The van der Waals surface area contributed by atoms with E-state index in [4.69, 9.17) is 16.0 Å². The van der Waals surface area contributed by atoms with Gasteiger partial charge in [0.2, 0.25) is 5.22 Å². The SMILES string of the molecule is O=C(c1ccoc1Cl)N1CCCNCC1. The summed E-state index contributed by atoms with van der Waals surface area (Å²) in [5.74, 6) is -0.0440. The fourth-order valence-electron chi connectivity index (χ4n) is 1.67. The van der Waals surface area contributed by atoms with Gasteiger partial charge in [0.1, 0.15) is 0 Å². The van der Waals surface area contributed by atoms with Gasteiger partial charge in [-0.3, -0.25) is 4.79 Å². The Kier molecular flexibility index (Phi) is 3.28. The highest BCUT2D eigenvalue weighted by atomic mass is 35.5. The summed E-state index contributed by atoms with van der Waals surface area (Å²) in [6, 6.07) is 1.61. The molecule has 0 saturated carbocycles. The van der Waals surface area contributed by atoms with Crippen LogP contribution in [-0.4, -0.2) is 37.0 Å². The first-order valence-electron chi connectivity index (χ1n) is 5.02. The minimum Gasteiger partial charge on any atom is -0.452 e. The maximum absolute atomic E-state index is 12.0. The maximum Gasteiger partial charge on any atom is 0.258 e. The quantitative estimate of drug-likeness (QED) is 0.790. The zero-order chi connectivity index (χ0) is 10.7. The number of carbonyl (C=O) groups excluding carboxylic acids is 1. The standard InChI is InChI=1S/C10H13ClN2O2/c11-9-8(2-7-15-9)10(14)13-5-1-3-12-4-6-13/h2,7,12H,1,3-6H2. The first-order chi connectivity index (χ1) is 7.29. The summed E-state index contributed by atoms with van der Waals surface area (Å²) < 4.78 is 4.91. The molecule has 1 aromatic heterocycles. The lowest BCUT2D eigenvalue weighted by Crippen LogP contribution is -2.34. The minimum absolute atomic E-state index is 0.0440. The molecule has 82 valence electrons. The van der Waals surface area contributed by atoms with Crippen LogP contribution in [0.2, 0.25) is 5.22 Å². The molecule has 0 spiro atoms. The van der Waals surface area contributed by atoms with Crippen LogP contribution in [0.3, 0.4) is 0 Å². The molecule has 1 N–H and O–H groups in total. The maximum atomic E-state index is 12.0. The van der Waals surface area contributed by atoms with Crippen molar-refractivity contribution < 1.29 is 9.21 Å². The molecule has 1 aliphatic heterocycles. The molecule has 4 nitrogen and oxygen atoms in total.